The van der Waals surface area contributed by atoms with E-state index in [0.29, 0.717) is 0 Å². The van der Waals surface area contributed by atoms with Gasteiger partial charge in [0.1, 0.15) is 11.4 Å². The van der Waals surface area contributed by atoms with Crippen LogP contribution in [0.4, 0.5) is 0 Å². The van der Waals surface area contributed by atoms with Gasteiger partial charge in [0.05, 0.1) is 6.10 Å². The third-order valence-electron chi connectivity index (χ3n) is 4.71. The molecule has 2 aliphatic heterocycles. The molecule has 3 nitrogen and oxygen atoms in total. The maximum Gasteiger partial charge on any atom is 0.123 e. The third kappa shape index (κ3) is 2.57. The first-order chi connectivity index (χ1) is 9.38. The molecule has 0 saturated carbocycles. The van der Waals surface area contributed by atoms with Crippen LogP contribution in [0, 0.1) is 0 Å². The summed E-state index contributed by atoms with van der Waals surface area (Å²) < 4.78 is 11.6. The van der Waals surface area contributed by atoms with Gasteiger partial charge < -0.3 is 14.8 Å². The van der Waals surface area contributed by atoms with Gasteiger partial charge in [-0.15, -0.1) is 0 Å². The number of nitrogens with one attached hydrogen (secondary N) is 1. The van der Waals surface area contributed by atoms with Gasteiger partial charge in [-0.05, 0) is 51.3 Å². The van der Waals surface area contributed by atoms with E-state index in [1.807, 2.05) is 0 Å². The second-order valence-corrected chi connectivity index (χ2v) is 7.01. The average molecular weight is 275 g/mol. The molecule has 2 heterocycles. The molecule has 2 aliphatic rings. The molecule has 1 aromatic carbocycles. The van der Waals surface area contributed by atoms with Crippen LogP contribution in [0.1, 0.15) is 45.2 Å². The second-order valence-electron chi connectivity index (χ2n) is 7.01. The van der Waals surface area contributed by atoms with Crippen LogP contribution >= 0.6 is 0 Å². The molecule has 2 atom stereocenters. The summed E-state index contributed by atoms with van der Waals surface area (Å²) >= 11 is 0. The molecule has 0 bridgehead atoms. The Balaban J connectivity index is 1.68. The van der Waals surface area contributed by atoms with Crippen LogP contribution in [0.15, 0.2) is 18.2 Å². The van der Waals surface area contributed by atoms with Crippen LogP contribution < -0.4 is 10.1 Å². The van der Waals surface area contributed by atoms with Crippen LogP contribution in [0.5, 0.6) is 5.75 Å². The minimum Gasteiger partial charge on any atom is -0.487 e. The van der Waals surface area contributed by atoms with Crippen molar-refractivity contribution in [1.29, 1.82) is 0 Å². The van der Waals surface area contributed by atoms with Crippen LogP contribution in [0.3, 0.4) is 0 Å². The van der Waals surface area contributed by atoms with Gasteiger partial charge in [-0.25, -0.2) is 0 Å². The summed E-state index contributed by atoms with van der Waals surface area (Å²) in [5, 5.41) is 3.67. The number of ether oxygens (including phenoxy) is 2. The predicted octanol–water partition coefficient (Wildman–Crippen LogP) is 3.06. The molecule has 1 saturated heterocycles. The molecule has 0 amide bonds. The van der Waals surface area contributed by atoms with Gasteiger partial charge in [0.2, 0.25) is 0 Å². The van der Waals surface area contributed by atoms with E-state index in [1.165, 1.54) is 11.1 Å². The Morgan fingerprint density at radius 2 is 2.10 bits per heavy atom. The predicted molar refractivity (Wildman–Crippen MR) is 80.1 cm³/mol. The van der Waals surface area contributed by atoms with Gasteiger partial charge in [0.25, 0.3) is 0 Å². The van der Waals surface area contributed by atoms with E-state index in [2.05, 4.69) is 51.2 Å². The summed E-state index contributed by atoms with van der Waals surface area (Å²) in [6.45, 7) is 10.4. The van der Waals surface area contributed by atoms with Crippen molar-refractivity contribution >= 4 is 0 Å². The molecule has 1 aromatic rings. The lowest BCUT2D eigenvalue weighted by Gasteiger charge is -2.29. The Bertz CT molecular complexity index is 512. The van der Waals surface area contributed by atoms with Gasteiger partial charge in [-0.2, -0.15) is 0 Å². The smallest absolute Gasteiger partial charge is 0.123 e. The van der Waals surface area contributed by atoms with Crippen LogP contribution in [0.25, 0.3) is 0 Å². The first-order valence-electron chi connectivity index (χ1n) is 7.55. The molecule has 110 valence electrons. The van der Waals surface area contributed by atoms with E-state index in [4.69, 9.17) is 9.47 Å². The van der Waals surface area contributed by atoms with Crippen molar-refractivity contribution in [2.45, 2.75) is 64.3 Å². The largest absolute Gasteiger partial charge is 0.487 e. The fourth-order valence-corrected chi connectivity index (χ4v) is 3.14. The molecule has 0 aliphatic carbocycles. The van der Waals surface area contributed by atoms with Crippen molar-refractivity contribution in [3.05, 3.63) is 29.3 Å². The highest BCUT2D eigenvalue weighted by Gasteiger charge is 2.36. The summed E-state index contributed by atoms with van der Waals surface area (Å²) in [6, 6.07) is 6.55. The van der Waals surface area contributed by atoms with Crippen molar-refractivity contribution in [1.82, 2.24) is 5.32 Å². The molecule has 2 unspecified atom stereocenters. The molecule has 0 radical (unpaired) electrons. The zero-order valence-electron chi connectivity index (χ0n) is 13.0. The van der Waals surface area contributed by atoms with E-state index >= 15 is 0 Å². The van der Waals surface area contributed by atoms with E-state index in [-0.39, 0.29) is 17.2 Å². The molecule has 1 fully saturated rings. The Labute approximate surface area is 121 Å². The Kier molecular flexibility index (Phi) is 3.30. The normalized spacial score (nSPS) is 31.1. The van der Waals surface area contributed by atoms with Crippen molar-refractivity contribution in [2.75, 3.05) is 6.61 Å². The highest BCUT2D eigenvalue weighted by molar-refractivity contribution is 5.41. The fraction of sp³-hybridized carbons (Fsp3) is 0.647. The first-order valence-corrected chi connectivity index (χ1v) is 7.55. The lowest BCUT2D eigenvalue weighted by atomic mass is 9.94. The van der Waals surface area contributed by atoms with Crippen molar-refractivity contribution in [2.24, 2.45) is 0 Å². The summed E-state index contributed by atoms with van der Waals surface area (Å²) in [5.74, 6) is 1.04. The van der Waals surface area contributed by atoms with Gasteiger partial charge in [0, 0.05) is 25.1 Å². The maximum absolute atomic E-state index is 5.92. The van der Waals surface area contributed by atoms with Gasteiger partial charge in [-0.1, -0.05) is 12.1 Å². The molecule has 20 heavy (non-hydrogen) atoms. The zero-order valence-corrected chi connectivity index (χ0v) is 13.0. The quantitative estimate of drug-likeness (QED) is 0.919. The van der Waals surface area contributed by atoms with Gasteiger partial charge in [0.15, 0.2) is 0 Å². The number of hydrogen-bond donors (Lipinski definition) is 1. The highest BCUT2D eigenvalue weighted by Crippen LogP contribution is 2.35. The molecule has 3 rings (SSSR count). The first kappa shape index (κ1) is 13.9. The lowest BCUT2D eigenvalue weighted by Crippen LogP contribution is -2.47. The number of hydrogen-bond acceptors (Lipinski definition) is 3. The van der Waals surface area contributed by atoms with E-state index < -0.39 is 0 Å². The Morgan fingerprint density at radius 1 is 1.30 bits per heavy atom. The minimum absolute atomic E-state index is 0.0613. The van der Waals surface area contributed by atoms with E-state index in [9.17, 15) is 0 Å². The monoisotopic (exact) mass is 275 g/mol. The maximum atomic E-state index is 5.92. The van der Waals surface area contributed by atoms with Crippen molar-refractivity contribution in [3.8, 4) is 5.75 Å². The average Bonchev–Trinajstić information content (AvgIpc) is 2.85. The summed E-state index contributed by atoms with van der Waals surface area (Å²) in [7, 11) is 0. The van der Waals surface area contributed by atoms with E-state index in [1.54, 1.807) is 0 Å². The van der Waals surface area contributed by atoms with Crippen molar-refractivity contribution in [3.63, 3.8) is 0 Å². The standard InChI is InChI=1S/C17H25NO2/c1-12-17(4,7-8-19-12)18-11-13-5-6-15-14(9-13)10-16(2,3)20-15/h5-6,9,12,18H,7-8,10-11H2,1-4H3. The van der Waals surface area contributed by atoms with Crippen LogP contribution in [0.2, 0.25) is 0 Å². The van der Waals surface area contributed by atoms with Gasteiger partial charge in [-0.3, -0.25) is 0 Å². The molecule has 3 heteroatoms. The SMILES string of the molecule is CC1OCCC1(C)NCc1ccc2c(c1)CC(C)(C)O2. The number of rotatable bonds is 3. The van der Waals surface area contributed by atoms with Gasteiger partial charge >= 0.3 is 0 Å². The third-order valence-corrected chi connectivity index (χ3v) is 4.71. The molecular formula is C17H25NO2. The Morgan fingerprint density at radius 3 is 2.80 bits per heavy atom. The fourth-order valence-electron chi connectivity index (χ4n) is 3.14. The summed E-state index contributed by atoms with van der Waals surface area (Å²) in [4.78, 5) is 0. The number of fused-ring (bicyclic) bond motifs is 1. The second kappa shape index (κ2) is 4.74. The van der Waals surface area contributed by atoms with Crippen LogP contribution in [-0.4, -0.2) is 23.9 Å². The molecular weight excluding hydrogens is 250 g/mol. The van der Waals surface area contributed by atoms with Crippen molar-refractivity contribution < 1.29 is 9.47 Å². The van der Waals surface area contributed by atoms with Crippen LogP contribution in [-0.2, 0) is 17.7 Å². The minimum atomic E-state index is -0.0613. The molecule has 0 aromatic heterocycles. The Hall–Kier alpha value is -1.06. The number of benzene rings is 1. The topological polar surface area (TPSA) is 30.5 Å². The zero-order chi connectivity index (χ0) is 14.4. The van der Waals surface area contributed by atoms with E-state index in [0.717, 1.165) is 31.7 Å². The highest BCUT2D eigenvalue weighted by atomic mass is 16.5. The summed E-state index contributed by atoms with van der Waals surface area (Å²) in [6.07, 6.45) is 2.35. The summed E-state index contributed by atoms with van der Waals surface area (Å²) in [5.41, 5.74) is 2.68. The molecule has 0 spiro atoms. The lowest BCUT2D eigenvalue weighted by molar-refractivity contribution is 0.0881. The molecule has 1 N–H and O–H groups in total.